The molecule has 1 amide bonds. The lowest BCUT2D eigenvalue weighted by molar-refractivity contribution is -0.117. The third-order valence-electron chi connectivity index (χ3n) is 2.57. The van der Waals surface area contributed by atoms with Crippen LogP contribution in [-0.4, -0.2) is 24.4 Å². The molecule has 106 valence electrons. The van der Waals surface area contributed by atoms with E-state index in [1.807, 2.05) is 0 Å². The average Bonchev–Trinajstić information content (AvgIpc) is 2.79. The number of benzene rings is 1. The van der Waals surface area contributed by atoms with Crippen LogP contribution in [0.2, 0.25) is 0 Å². The zero-order valence-corrected chi connectivity index (χ0v) is 10.9. The van der Waals surface area contributed by atoms with Gasteiger partial charge >= 0.3 is 0 Å². The predicted octanol–water partition coefficient (Wildman–Crippen LogP) is 2.63. The first-order valence-corrected chi connectivity index (χ1v) is 6.00. The number of carbonyl (C=O) groups excluding carboxylic acids is 1. The van der Waals surface area contributed by atoms with Crippen LogP contribution in [0.4, 0.5) is 14.5 Å². The van der Waals surface area contributed by atoms with Crippen molar-refractivity contribution in [1.29, 1.82) is 0 Å². The van der Waals surface area contributed by atoms with E-state index in [0.717, 1.165) is 24.0 Å². The van der Waals surface area contributed by atoms with E-state index < -0.39 is 11.6 Å². The molecule has 0 aliphatic rings. The number of nitrogens with one attached hydrogen (secondary N) is 1. The fourth-order valence-electron chi connectivity index (χ4n) is 1.80. The largest absolute Gasteiger partial charge is 0.468 e. The Hall–Kier alpha value is -2.21. The molecular formula is C14H14F2N2O2. The molecule has 0 fully saturated rings. The van der Waals surface area contributed by atoms with Gasteiger partial charge in [0.05, 0.1) is 19.4 Å². The molecule has 4 nitrogen and oxygen atoms in total. The maximum absolute atomic E-state index is 13.0. The molecule has 0 radical (unpaired) electrons. The second-order valence-electron chi connectivity index (χ2n) is 4.46. The molecule has 2 rings (SSSR count). The number of carbonyl (C=O) groups is 1. The van der Waals surface area contributed by atoms with Crippen molar-refractivity contribution in [2.24, 2.45) is 0 Å². The second-order valence-corrected chi connectivity index (χ2v) is 4.46. The van der Waals surface area contributed by atoms with E-state index >= 15 is 0 Å². The minimum absolute atomic E-state index is 0.0822. The van der Waals surface area contributed by atoms with Crippen molar-refractivity contribution in [3.05, 3.63) is 54.0 Å². The van der Waals surface area contributed by atoms with Crippen molar-refractivity contribution in [2.75, 3.05) is 18.9 Å². The van der Waals surface area contributed by atoms with Crippen molar-refractivity contribution >= 4 is 11.6 Å². The van der Waals surface area contributed by atoms with Gasteiger partial charge in [0.15, 0.2) is 0 Å². The van der Waals surface area contributed by atoms with E-state index in [1.165, 1.54) is 0 Å². The molecule has 1 N–H and O–H groups in total. The van der Waals surface area contributed by atoms with Gasteiger partial charge in [-0.05, 0) is 31.3 Å². The second kappa shape index (κ2) is 6.29. The Morgan fingerprint density at radius 1 is 1.30 bits per heavy atom. The normalized spacial score (nSPS) is 10.8. The maximum Gasteiger partial charge on any atom is 0.238 e. The van der Waals surface area contributed by atoms with Crippen molar-refractivity contribution in [1.82, 2.24) is 4.90 Å². The quantitative estimate of drug-likeness (QED) is 0.915. The lowest BCUT2D eigenvalue weighted by atomic mass is 10.3. The topological polar surface area (TPSA) is 45.5 Å². The van der Waals surface area contributed by atoms with Gasteiger partial charge in [0, 0.05) is 11.8 Å². The lowest BCUT2D eigenvalue weighted by Crippen LogP contribution is -2.29. The first-order valence-electron chi connectivity index (χ1n) is 6.00. The smallest absolute Gasteiger partial charge is 0.238 e. The van der Waals surface area contributed by atoms with Crippen LogP contribution in [0.25, 0.3) is 0 Å². The summed E-state index contributed by atoms with van der Waals surface area (Å²) in [5.41, 5.74) is 0.0962. The molecule has 0 spiro atoms. The van der Waals surface area contributed by atoms with Crippen LogP contribution in [0, 0.1) is 11.6 Å². The Kier molecular flexibility index (Phi) is 4.47. The van der Waals surface area contributed by atoms with Gasteiger partial charge in [-0.25, -0.2) is 8.78 Å². The van der Waals surface area contributed by atoms with E-state index in [-0.39, 0.29) is 18.1 Å². The van der Waals surface area contributed by atoms with Crippen molar-refractivity contribution in [3.63, 3.8) is 0 Å². The molecule has 1 aromatic heterocycles. The molecule has 0 unspecified atom stereocenters. The number of halogens is 2. The van der Waals surface area contributed by atoms with E-state index in [1.54, 1.807) is 30.3 Å². The number of nitrogens with zero attached hydrogens (tertiary/aromatic N) is 1. The standard InChI is InChI=1S/C14H14F2N2O2/c1-18(8-13-3-2-4-20-13)9-14(19)17-12-6-10(15)5-11(16)7-12/h2-7H,8-9H2,1H3,(H,17,19). The summed E-state index contributed by atoms with van der Waals surface area (Å²) < 4.78 is 31.1. The van der Waals surface area contributed by atoms with Crippen LogP contribution in [0.5, 0.6) is 0 Å². The van der Waals surface area contributed by atoms with E-state index in [9.17, 15) is 13.6 Å². The summed E-state index contributed by atoms with van der Waals surface area (Å²) in [6, 6.07) is 6.44. The molecule has 20 heavy (non-hydrogen) atoms. The summed E-state index contributed by atoms with van der Waals surface area (Å²) in [6.07, 6.45) is 1.55. The van der Waals surface area contributed by atoms with Crippen molar-refractivity contribution < 1.29 is 18.0 Å². The van der Waals surface area contributed by atoms with Gasteiger partial charge in [-0.2, -0.15) is 0 Å². The summed E-state index contributed by atoms with van der Waals surface area (Å²) in [7, 11) is 1.74. The number of hydrogen-bond donors (Lipinski definition) is 1. The average molecular weight is 280 g/mol. The SMILES string of the molecule is CN(CC(=O)Nc1cc(F)cc(F)c1)Cc1ccco1. The zero-order valence-electron chi connectivity index (χ0n) is 10.9. The van der Waals surface area contributed by atoms with Gasteiger partial charge in [-0.15, -0.1) is 0 Å². The Bertz CT molecular complexity index is 565. The molecular weight excluding hydrogens is 266 g/mol. The van der Waals surface area contributed by atoms with Crippen LogP contribution >= 0.6 is 0 Å². The number of likely N-dealkylation sites (N-methyl/N-ethyl adjacent to an activating group) is 1. The highest BCUT2D eigenvalue weighted by molar-refractivity contribution is 5.92. The Labute approximate surface area is 115 Å². The van der Waals surface area contributed by atoms with Gasteiger partial charge < -0.3 is 9.73 Å². The molecule has 0 aliphatic carbocycles. The highest BCUT2D eigenvalue weighted by Crippen LogP contribution is 2.13. The van der Waals surface area contributed by atoms with Gasteiger partial charge in [-0.1, -0.05) is 0 Å². The minimum Gasteiger partial charge on any atom is -0.468 e. The summed E-state index contributed by atoms with van der Waals surface area (Å²) in [6.45, 7) is 0.552. The molecule has 1 heterocycles. The molecule has 1 aromatic carbocycles. The zero-order chi connectivity index (χ0) is 14.5. The summed E-state index contributed by atoms with van der Waals surface area (Å²) in [4.78, 5) is 13.5. The third kappa shape index (κ3) is 4.17. The Morgan fingerprint density at radius 3 is 2.60 bits per heavy atom. The van der Waals surface area contributed by atoms with Gasteiger partial charge in [0.2, 0.25) is 5.91 Å². The molecule has 0 atom stereocenters. The number of rotatable bonds is 5. The molecule has 6 heteroatoms. The Balaban J connectivity index is 1.88. The minimum atomic E-state index is -0.732. The Morgan fingerprint density at radius 2 is 2.00 bits per heavy atom. The van der Waals surface area contributed by atoms with Crippen LogP contribution in [-0.2, 0) is 11.3 Å². The molecule has 0 aliphatic heterocycles. The fourth-order valence-corrected chi connectivity index (χ4v) is 1.80. The highest BCUT2D eigenvalue weighted by Gasteiger charge is 2.10. The van der Waals surface area contributed by atoms with E-state index in [2.05, 4.69) is 5.32 Å². The van der Waals surface area contributed by atoms with Crippen molar-refractivity contribution in [3.8, 4) is 0 Å². The molecule has 2 aromatic rings. The number of anilines is 1. The fraction of sp³-hybridized carbons (Fsp3) is 0.214. The lowest BCUT2D eigenvalue weighted by Gasteiger charge is -2.14. The monoisotopic (exact) mass is 280 g/mol. The summed E-state index contributed by atoms with van der Waals surface area (Å²) in [5.74, 6) is -1.09. The van der Waals surface area contributed by atoms with Crippen LogP contribution in [0.15, 0.2) is 41.0 Å². The third-order valence-corrected chi connectivity index (χ3v) is 2.57. The predicted molar refractivity (Wildman–Crippen MR) is 70.0 cm³/mol. The number of furan rings is 1. The van der Waals surface area contributed by atoms with Crippen LogP contribution in [0.3, 0.4) is 0 Å². The molecule has 0 bridgehead atoms. The van der Waals surface area contributed by atoms with Gasteiger partial charge in [-0.3, -0.25) is 9.69 Å². The first-order chi connectivity index (χ1) is 9.52. The maximum atomic E-state index is 13.0. The molecule has 0 saturated carbocycles. The summed E-state index contributed by atoms with van der Waals surface area (Å²) >= 11 is 0. The van der Waals surface area contributed by atoms with Crippen LogP contribution in [0.1, 0.15) is 5.76 Å². The number of hydrogen-bond acceptors (Lipinski definition) is 3. The molecule has 0 saturated heterocycles. The van der Waals surface area contributed by atoms with E-state index in [0.29, 0.717) is 6.54 Å². The van der Waals surface area contributed by atoms with Crippen LogP contribution < -0.4 is 5.32 Å². The first kappa shape index (κ1) is 14.2. The highest BCUT2D eigenvalue weighted by atomic mass is 19.1. The number of amides is 1. The van der Waals surface area contributed by atoms with Gasteiger partial charge in [0.25, 0.3) is 0 Å². The van der Waals surface area contributed by atoms with E-state index in [4.69, 9.17) is 4.42 Å². The summed E-state index contributed by atoms with van der Waals surface area (Å²) in [5, 5.41) is 2.44. The van der Waals surface area contributed by atoms with Crippen molar-refractivity contribution in [2.45, 2.75) is 6.54 Å². The van der Waals surface area contributed by atoms with Gasteiger partial charge in [0.1, 0.15) is 17.4 Å².